The third kappa shape index (κ3) is 11.5. The smallest absolute Gasteiger partial charge is 0.345 e. The largest absolute Gasteiger partial charge is 0.423 e. The van der Waals surface area contributed by atoms with E-state index < -0.39 is 5.97 Å². The molecule has 0 atom stereocenters. The third-order valence-corrected chi connectivity index (χ3v) is 5.92. The number of amides is 1. The van der Waals surface area contributed by atoms with Gasteiger partial charge in [0.2, 0.25) is 5.91 Å². The molecule has 184 valence electrons. The molecule has 0 saturated heterocycles. The highest BCUT2D eigenvalue weighted by Gasteiger charge is 2.11. The minimum absolute atomic E-state index is 0.0718. The molecule has 5 nitrogen and oxygen atoms in total. The molecule has 0 fully saturated rings. The summed E-state index contributed by atoms with van der Waals surface area (Å²) in [6.45, 7) is 2.25. The van der Waals surface area contributed by atoms with E-state index in [1.165, 1.54) is 57.8 Å². The summed E-state index contributed by atoms with van der Waals surface area (Å²) in [5, 5.41) is 4.36. The van der Waals surface area contributed by atoms with Crippen molar-refractivity contribution < 1.29 is 14.3 Å². The molecule has 0 aliphatic carbocycles. The van der Waals surface area contributed by atoms with Crippen LogP contribution >= 0.6 is 11.6 Å². The van der Waals surface area contributed by atoms with Crippen molar-refractivity contribution in [3.8, 4) is 5.75 Å². The molecule has 0 unspecified atom stereocenters. The number of halogens is 1. The number of carbonyl (C=O) groups excluding carboxylic acids is 2. The van der Waals surface area contributed by atoms with Crippen LogP contribution in [0.3, 0.4) is 0 Å². The van der Waals surface area contributed by atoms with Gasteiger partial charge in [0.15, 0.2) is 0 Å². The Kier molecular flexibility index (Phi) is 13.7. The SMILES string of the molecule is CCCCCCCCCCCCCC(=O)N/N=C\c1ccc(OC(=O)c2ccccc2Cl)cc1. The molecule has 34 heavy (non-hydrogen) atoms. The average molecular weight is 485 g/mol. The molecular formula is C28H37ClN2O3. The summed E-state index contributed by atoms with van der Waals surface area (Å²) in [6, 6.07) is 13.6. The molecule has 0 aromatic heterocycles. The van der Waals surface area contributed by atoms with Gasteiger partial charge in [-0.1, -0.05) is 94.9 Å². The molecule has 2 rings (SSSR count). The molecule has 0 bridgehead atoms. The van der Waals surface area contributed by atoms with Gasteiger partial charge in [0.1, 0.15) is 5.75 Å². The number of carbonyl (C=O) groups is 2. The fourth-order valence-electron chi connectivity index (χ4n) is 3.60. The normalized spacial score (nSPS) is 11.0. The summed E-state index contributed by atoms with van der Waals surface area (Å²) in [4.78, 5) is 24.1. The highest BCUT2D eigenvalue weighted by atomic mass is 35.5. The van der Waals surface area contributed by atoms with E-state index in [0.29, 0.717) is 22.8 Å². The van der Waals surface area contributed by atoms with E-state index in [1.807, 2.05) is 0 Å². The second-order valence-electron chi connectivity index (χ2n) is 8.52. The number of rotatable bonds is 16. The van der Waals surface area contributed by atoms with Crippen LogP contribution in [0.1, 0.15) is 99.9 Å². The maximum absolute atomic E-state index is 12.2. The van der Waals surface area contributed by atoms with Crippen LogP contribution in [0.25, 0.3) is 0 Å². The van der Waals surface area contributed by atoms with Crippen molar-refractivity contribution in [2.75, 3.05) is 0 Å². The van der Waals surface area contributed by atoms with Gasteiger partial charge in [0.25, 0.3) is 0 Å². The zero-order valence-electron chi connectivity index (χ0n) is 20.2. The Morgan fingerprint density at radius 2 is 1.44 bits per heavy atom. The van der Waals surface area contributed by atoms with E-state index in [1.54, 1.807) is 54.7 Å². The van der Waals surface area contributed by atoms with Gasteiger partial charge in [0.05, 0.1) is 16.8 Å². The van der Waals surface area contributed by atoms with Crippen LogP contribution in [-0.4, -0.2) is 18.1 Å². The van der Waals surface area contributed by atoms with Crippen molar-refractivity contribution >= 4 is 29.7 Å². The Morgan fingerprint density at radius 1 is 0.853 bits per heavy atom. The highest BCUT2D eigenvalue weighted by Crippen LogP contribution is 2.19. The van der Waals surface area contributed by atoms with Crippen molar-refractivity contribution in [3.63, 3.8) is 0 Å². The van der Waals surface area contributed by atoms with Crippen LogP contribution < -0.4 is 10.2 Å². The summed E-state index contributed by atoms with van der Waals surface area (Å²) in [5.41, 5.74) is 3.67. The molecule has 1 amide bonds. The first-order valence-corrected chi connectivity index (χ1v) is 12.9. The predicted molar refractivity (Wildman–Crippen MR) is 140 cm³/mol. The van der Waals surface area contributed by atoms with Crippen molar-refractivity contribution in [1.29, 1.82) is 0 Å². The monoisotopic (exact) mass is 484 g/mol. The number of benzene rings is 2. The number of esters is 1. The second kappa shape index (κ2) is 16.9. The van der Waals surface area contributed by atoms with Crippen molar-refractivity contribution in [1.82, 2.24) is 5.43 Å². The maximum Gasteiger partial charge on any atom is 0.345 e. The fourth-order valence-corrected chi connectivity index (χ4v) is 3.81. The van der Waals surface area contributed by atoms with E-state index in [-0.39, 0.29) is 5.91 Å². The van der Waals surface area contributed by atoms with Crippen LogP contribution in [-0.2, 0) is 4.79 Å². The van der Waals surface area contributed by atoms with E-state index >= 15 is 0 Å². The molecule has 0 aliphatic rings. The Bertz CT molecular complexity index is 897. The van der Waals surface area contributed by atoms with Crippen LogP contribution in [0.5, 0.6) is 5.75 Å². The Hall–Kier alpha value is -2.66. The van der Waals surface area contributed by atoms with Crippen LogP contribution in [0.4, 0.5) is 0 Å². The lowest BCUT2D eigenvalue weighted by atomic mass is 10.1. The van der Waals surface area contributed by atoms with Crippen molar-refractivity contribution in [2.45, 2.75) is 84.0 Å². The van der Waals surface area contributed by atoms with Gasteiger partial charge in [-0.3, -0.25) is 4.79 Å². The zero-order chi connectivity index (χ0) is 24.4. The maximum atomic E-state index is 12.2. The molecule has 2 aromatic carbocycles. The predicted octanol–water partition coefficient (Wildman–Crippen LogP) is 7.71. The lowest BCUT2D eigenvalue weighted by molar-refractivity contribution is -0.121. The number of nitrogens with zero attached hydrogens (tertiary/aromatic N) is 1. The highest BCUT2D eigenvalue weighted by molar-refractivity contribution is 6.33. The molecular weight excluding hydrogens is 448 g/mol. The van der Waals surface area contributed by atoms with Gasteiger partial charge in [-0.25, -0.2) is 10.2 Å². The van der Waals surface area contributed by atoms with Crippen molar-refractivity contribution in [3.05, 3.63) is 64.7 Å². The first kappa shape index (κ1) is 27.6. The van der Waals surface area contributed by atoms with Gasteiger partial charge in [-0.05, 0) is 48.4 Å². The first-order valence-electron chi connectivity index (χ1n) is 12.5. The molecule has 0 heterocycles. The van der Waals surface area contributed by atoms with Gasteiger partial charge < -0.3 is 4.74 Å². The van der Waals surface area contributed by atoms with E-state index in [0.717, 1.165) is 18.4 Å². The molecule has 0 aliphatic heterocycles. The Morgan fingerprint density at radius 3 is 2.06 bits per heavy atom. The molecule has 0 radical (unpaired) electrons. The fraction of sp³-hybridized carbons (Fsp3) is 0.464. The summed E-state index contributed by atoms with van der Waals surface area (Å²) in [7, 11) is 0. The number of ether oxygens (including phenoxy) is 1. The summed E-state index contributed by atoms with van der Waals surface area (Å²) in [6.07, 6.45) is 15.9. The Labute approximate surface area is 208 Å². The van der Waals surface area contributed by atoms with E-state index in [4.69, 9.17) is 16.3 Å². The molecule has 0 spiro atoms. The quantitative estimate of drug-likeness (QED) is 0.0871. The topological polar surface area (TPSA) is 67.8 Å². The number of hydrogen-bond donors (Lipinski definition) is 1. The molecule has 0 saturated carbocycles. The first-order chi connectivity index (χ1) is 16.6. The minimum atomic E-state index is -0.512. The number of hydrogen-bond acceptors (Lipinski definition) is 4. The number of nitrogens with one attached hydrogen (secondary N) is 1. The third-order valence-electron chi connectivity index (χ3n) is 5.59. The van der Waals surface area contributed by atoms with Gasteiger partial charge >= 0.3 is 5.97 Å². The van der Waals surface area contributed by atoms with E-state index in [9.17, 15) is 9.59 Å². The molecule has 2 aromatic rings. The summed E-state index contributed by atoms with van der Waals surface area (Å²) >= 11 is 6.02. The van der Waals surface area contributed by atoms with Gasteiger partial charge in [-0.2, -0.15) is 5.10 Å². The second-order valence-corrected chi connectivity index (χ2v) is 8.92. The molecule has 1 N–H and O–H groups in total. The molecule has 6 heteroatoms. The van der Waals surface area contributed by atoms with Gasteiger partial charge in [-0.15, -0.1) is 0 Å². The van der Waals surface area contributed by atoms with Crippen LogP contribution in [0.15, 0.2) is 53.6 Å². The Balaban J connectivity index is 1.56. The van der Waals surface area contributed by atoms with Crippen LogP contribution in [0, 0.1) is 0 Å². The van der Waals surface area contributed by atoms with Crippen LogP contribution in [0.2, 0.25) is 5.02 Å². The average Bonchev–Trinajstić information content (AvgIpc) is 2.84. The minimum Gasteiger partial charge on any atom is -0.423 e. The summed E-state index contributed by atoms with van der Waals surface area (Å²) < 4.78 is 5.35. The number of unbranched alkanes of at least 4 members (excludes halogenated alkanes) is 10. The summed E-state index contributed by atoms with van der Waals surface area (Å²) in [5.74, 6) is -0.179. The van der Waals surface area contributed by atoms with Gasteiger partial charge in [0, 0.05) is 6.42 Å². The zero-order valence-corrected chi connectivity index (χ0v) is 21.0. The lowest BCUT2D eigenvalue weighted by Crippen LogP contribution is -2.16. The number of hydrazone groups is 1. The van der Waals surface area contributed by atoms with E-state index in [2.05, 4.69) is 17.5 Å². The van der Waals surface area contributed by atoms with Crippen molar-refractivity contribution in [2.24, 2.45) is 5.10 Å². The lowest BCUT2D eigenvalue weighted by Gasteiger charge is -2.06. The standard InChI is InChI=1S/C28H37ClN2O3/c1-2-3-4-5-6-7-8-9-10-11-12-17-27(32)31-30-22-23-18-20-24(21-19-23)34-28(33)25-15-13-14-16-26(25)29/h13-16,18-22H,2-12,17H2,1H3,(H,31,32)/b30-22-.